The van der Waals surface area contributed by atoms with Crippen molar-refractivity contribution in [2.24, 2.45) is 10.9 Å². The minimum Gasteiger partial charge on any atom is -0.454 e. The normalized spacial score (nSPS) is 21.5. The van der Waals surface area contributed by atoms with E-state index in [9.17, 15) is 0 Å². The van der Waals surface area contributed by atoms with Gasteiger partial charge in [-0.3, -0.25) is 4.99 Å². The lowest BCUT2D eigenvalue weighted by atomic mass is 9.74. The van der Waals surface area contributed by atoms with Crippen molar-refractivity contribution in [1.29, 1.82) is 0 Å². The number of hydrogen-bond acceptors (Lipinski definition) is 4. The number of hydrogen-bond donors (Lipinski definition) is 1. The Morgan fingerprint density at radius 2 is 1.88 bits per heavy atom. The third-order valence-corrected chi connectivity index (χ3v) is 7.18. The van der Waals surface area contributed by atoms with Crippen LogP contribution in [0, 0.1) is 5.92 Å². The van der Waals surface area contributed by atoms with Crippen LogP contribution in [0.2, 0.25) is 0 Å². The quantitative estimate of drug-likeness (QED) is 0.336. The van der Waals surface area contributed by atoms with Gasteiger partial charge in [-0.05, 0) is 54.9 Å². The number of rotatable bonds is 5. The first-order valence-electron chi connectivity index (χ1n) is 11.7. The van der Waals surface area contributed by atoms with Crippen molar-refractivity contribution in [2.45, 2.75) is 31.1 Å². The zero-order valence-corrected chi connectivity index (χ0v) is 21.6. The van der Waals surface area contributed by atoms with Crippen LogP contribution in [-0.4, -0.2) is 57.5 Å². The Balaban J connectivity index is 0.00000259. The predicted octanol–water partition coefficient (Wildman–Crippen LogP) is 4.22. The second-order valence-electron chi connectivity index (χ2n) is 9.15. The van der Waals surface area contributed by atoms with E-state index in [1.54, 1.807) is 0 Å². The molecule has 2 saturated heterocycles. The number of nitrogens with zero attached hydrogens (tertiary/aromatic N) is 2. The van der Waals surface area contributed by atoms with Crippen molar-refractivity contribution < 1.29 is 14.2 Å². The number of benzene rings is 2. The Morgan fingerprint density at radius 1 is 1.09 bits per heavy atom. The highest BCUT2D eigenvalue weighted by Crippen LogP contribution is 2.40. The van der Waals surface area contributed by atoms with Crippen molar-refractivity contribution in [2.75, 3.05) is 46.7 Å². The highest BCUT2D eigenvalue weighted by Gasteiger charge is 2.36. The molecule has 2 aromatic rings. The zero-order valence-electron chi connectivity index (χ0n) is 19.3. The van der Waals surface area contributed by atoms with Crippen LogP contribution >= 0.6 is 24.0 Å². The summed E-state index contributed by atoms with van der Waals surface area (Å²) in [5, 5.41) is 3.72. The molecule has 0 saturated carbocycles. The van der Waals surface area contributed by atoms with Gasteiger partial charge in [-0.1, -0.05) is 36.4 Å². The number of aliphatic imine (C=N–C) groups is 1. The van der Waals surface area contributed by atoms with Crippen molar-refractivity contribution in [1.82, 2.24) is 10.2 Å². The minimum atomic E-state index is -0.00165. The molecule has 33 heavy (non-hydrogen) atoms. The molecule has 1 unspecified atom stereocenters. The summed E-state index contributed by atoms with van der Waals surface area (Å²) in [6.07, 6.45) is 4.30. The molecule has 1 N–H and O–H groups in total. The molecule has 6 nitrogen and oxygen atoms in total. The summed E-state index contributed by atoms with van der Waals surface area (Å²) in [6.45, 7) is 4.79. The maximum atomic E-state index is 5.72. The number of nitrogens with one attached hydrogen (secondary N) is 1. The molecule has 0 amide bonds. The maximum absolute atomic E-state index is 5.72. The fourth-order valence-electron chi connectivity index (χ4n) is 5.28. The zero-order chi connectivity index (χ0) is 21.8. The summed E-state index contributed by atoms with van der Waals surface area (Å²) >= 11 is 0. The molecule has 7 heteroatoms. The van der Waals surface area contributed by atoms with Gasteiger partial charge in [0, 0.05) is 45.3 Å². The van der Waals surface area contributed by atoms with Gasteiger partial charge in [-0.15, -0.1) is 24.0 Å². The number of halogens is 1. The molecular formula is C26H34IN3O3. The van der Waals surface area contributed by atoms with Crippen LogP contribution in [0.5, 0.6) is 11.5 Å². The fourth-order valence-corrected chi connectivity index (χ4v) is 5.28. The first-order chi connectivity index (χ1) is 15.8. The molecule has 0 aromatic heterocycles. The summed E-state index contributed by atoms with van der Waals surface area (Å²) in [7, 11) is 1.89. The third-order valence-electron chi connectivity index (χ3n) is 7.18. The molecule has 3 aliphatic heterocycles. The monoisotopic (exact) mass is 563 g/mol. The molecule has 3 heterocycles. The molecule has 2 aromatic carbocycles. The van der Waals surface area contributed by atoms with Gasteiger partial charge < -0.3 is 24.4 Å². The van der Waals surface area contributed by atoms with Crippen molar-refractivity contribution in [3.05, 3.63) is 59.7 Å². The third kappa shape index (κ3) is 5.40. The van der Waals surface area contributed by atoms with Gasteiger partial charge in [0.25, 0.3) is 0 Å². The molecule has 178 valence electrons. The van der Waals surface area contributed by atoms with Crippen molar-refractivity contribution in [3.8, 4) is 11.5 Å². The lowest BCUT2D eigenvalue weighted by Crippen LogP contribution is -2.48. The summed E-state index contributed by atoms with van der Waals surface area (Å²) in [4.78, 5) is 7.05. The van der Waals surface area contributed by atoms with Crippen LogP contribution in [-0.2, 0) is 16.6 Å². The average Bonchev–Trinajstić information content (AvgIpc) is 3.50. The number of fused-ring (bicyclic) bond motifs is 1. The van der Waals surface area contributed by atoms with Crippen LogP contribution < -0.4 is 14.8 Å². The smallest absolute Gasteiger partial charge is 0.231 e. The van der Waals surface area contributed by atoms with E-state index in [4.69, 9.17) is 14.2 Å². The molecule has 2 fully saturated rings. The summed E-state index contributed by atoms with van der Waals surface area (Å²) in [6, 6.07) is 17.2. The van der Waals surface area contributed by atoms with Gasteiger partial charge in [0.05, 0.1) is 0 Å². The first-order valence-corrected chi connectivity index (χ1v) is 11.7. The molecule has 1 atom stereocenters. The second-order valence-corrected chi connectivity index (χ2v) is 9.15. The summed E-state index contributed by atoms with van der Waals surface area (Å²) < 4.78 is 16.9. The lowest BCUT2D eigenvalue weighted by molar-refractivity contribution is 0.0511. The Labute approximate surface area is 213 Å². The Kier molecular flexibility index (Phi) is 8.01. The topological polar surface area (TPSA) is 55.3 Å². The van der Waals surface area contributed by atoms with Crippen LogP contribution in [0.15, 0.2) is 53.5 Å². The van der Waals surface area contributed by atoms with E-state index in [1.807, 2.05) is 13.1 Å². The Hall–Kier alpha value is -2.00. The van der Waals surface area contributed by atoms with Gasteiger partial charge in [0.15, 0.2) is 17.5 Å². The molecule has 3 aliphatic rings. The molecule has 0 bridgehead atoms. The van der Waals surface area contributed by atoms with E-state index in [1.165, 1.54) is 17.5 Å². The van der Waals surface area contributed by atoms with E-state index < -0.39 is 0 Å². The predicted molar refractivity (Wildman–Crippen MR) is 141 cm³/mol. The Bertz CT molecular complexity index is 947. The van der Waals surface area contributed by atoms with Gasteiger partial charge in [0.1, 0.15) is 0 Å². The second kappa shape index (κ2) is 11.0. The highest BCUT2D eigenvalue weighted by molar-refractivity contribution is 14.0. The van der Waals surface area contributed by atoms with Gasteiger partial charge in [-0.2, -0.15) is 0 Å². The molecule has 0 aliphatic carbocycles. The van der Waals surface area contributed by atoms with Crippen LogP contribution in [0.4, 0.5) is 0 Å². The highest BCUT2D eigenvalue weighted by atomic mass is 127. The van der Waals surface area contributed by atoms with Gasteiger partial charge >= 0.3 is 0 Å². The standard InChI is InChI=1S/C26H33N3O3.HI/c1-27-25(29-12-9-21(17-29)15-20-5-3-2-4-6-20)28-18-26(10-13-30-14-11-26)22-7-8-23-24(16-22)32-19-31-23;/h2-8,16,21H,9-15,17-19H2,1H3,(H,27,28);1H. The van der Waals surface area contributed by atoms with Crippen molar-refractivity contribution in [3.63, 3.8) is 0 Å². The number of ether oxygens (including phenoxy) is 3. The largest absolute Gasteiger partial charge is 0.454 e. The van der Waals surface area contributed by atoms with Crippen LogP contribution in [0.3, 0.4) is 0 Å². The average molecular weight is 563 g/mol. The lowest BCUT2D eigenvalue weighted by Gasteiger charge is -2.39. The maximum Gasteiger partial charge on any atom is 0.231 e. The van der Waals surface area contributed by atoms with E-state index >= 15 is 0 Å². The minimum absolute atomic E-state index is 0. The van der Waals surface area contributed by atoms with Crippen LogP contribution in [0.25, 0.3) is 0 Å². The number of guanidine groups is 1. The van der Waals surface area contributed by atoms with E-state index in [0.717, 1.165) is 69.6 Å². The van der Waals surface area contributed by atoms with Crippen molar-refractivity contribution >= 4 is 29.9 Å². The number of likely N-dealkylation sites (tertiary alicyclic amines) is 1. The fraction of sp³-hybridized carbons (Fsp3) is 0.500. The molecule has 0 spiro atoms. The molecular weight excluding hydrogens is 529 g/mol. The first kappa shape index (κ1) is 24.1. The Morgan fingerprint density at radius 3 is 2.67 bits per heavy atom. The van der Waals surface area contributed by atoms with E-state index in [2.05, 4.69) is 57.7 Å². The molecule has 5 rings (SSSR count). The van der Waals surface area contributed by atoms with Gasteiger partial charge in [0.2, 0.25) is 6.79 Å². The summed E-state index contributed by atoms with van der Waals surface area (Å²) in [5.74, 6) is 3.36. The molecule has 0 radical (unpaired) electrons. The SMILES string of the molecule is CN=C(NCC1(c2ccc3c(c2)OCO3)CCOCC1)N1CCC(Cc2ccccc2)C1.I. The van der Waals surface area contributed by atoms with E-state index in [-0.39, 0.29) is 29.4 Å². The summed E-state index contributed by atoms with van der Waals surface area (Å²) in [5.41, 5.74) is 2.71. The van der Waals surface area contributed by atoms with E-state index in [0.29, 0.717) is 12.7 Å². The van der Waals surface area contributed by atoms with Crippen LogP contribution in [0.1, 0.15) is 30.4 Å². The van der Waals surface area contributed by atoms with Gasteiger partial charge in [-0.25, -0.2) is 0 Å².